The summed E-state index contributed by atoms with van der Waals surface area (Å²) >= 11 is 0. The smallest absolute Gasteiger partial charge is 0.122 e. The highest BCUT2D eigenvalue weighted by Crippen LogP contribution is 2.64. The van der Waals surface area contributed by atoms with Gasteiger partial charge in [-0.2, -0.15) is 0 Å². The molecule has 0 atom stereocenters. The summed E-state index contributed by atoms with van der Waals surface area (Å²) in [6.07, 6.45) is 26.3. The van der Waals surface area contributed by atoms with Crippen LogP contribution in [0.1, 0.15) is 128 Å². The van der Waals surface area contributed by atoms with Crippen molar-refractivity contribution in [3.63, 3.8) is 0 Å². The van der Waals surface area contributed by atoms with E-state index in [2.05, 4.69) is 72.8 Å². The Morgan fingerprint density at radius 3 is 1.38 bits per heavy atom. The summed E-state index contributed by atoms with van der Waals surface area (Å²) < 4.78 is 16.6. The Labute approximate surface area is 285 Å². The number of rotatable bonds is 7. The molecular weight excluding hydrogens is 606 g/mol. The molecule has 0 amide bonds. The molecule has 0 N–H and O–H groups in total. The fourth-order valence-corrected chi connectivity index (χ4v) is 19.1. The first-order valence-electron chi connectivity index (χ1n) is 19.7. The van der Waals surface area contributed by atoms with Gasteiger partial charge in [0.1, 0.15) is 7.14 Å². The van der Waals surface area contributed by atoms with Crippen molar-refractivity contribution in [3.8, 4) is 11.1 Å². The van der Waals surface area contributed by atoms with Gasteiger partial charge >= 0.3 is 0 Å². The Kier molecular flexibility index (Phi) is 9.96. The van der Waals surface area contributed by atoms with Gasteiger partial charge in [0.05, 0.1) is 0 Å². The molecule has 4 aliphatic carbocycles. The molecule has 47 heavy (non-hydrogen) atoms. The van der Waals surface area contributed by atoms with Crippen LogP contribution in [0.2, 0.25) is 0 Å². The Bertz CT molecular complexity index is 1680. The Balaban J connectivity index is 1.44. The summed E-state index contributed by atoms with van der Waals surface area (Å²) in [7, 11) is -3.05. The van der Waals surface area contributed by atoms with Crippen LogP contribution in [0.4, 0.5) is 0 Å². The highest BCUT2D eigenvalue weighted by molar-refractivity contribution is 7.73. The minimum atomic E-state index is -2.72. The van der Waals surface area contributed by atoms with Crippen LogP contribution in [0.15, 0.2) is 72.8 Å². The standard InChI is InChI=1S/C44H56OP2/c45-47(37-23-9-3-10-24-37,38-25-11-4-12-26-38)42-32-30-34-18-14-16-28-40(34)44(42)43-39-27-15-13-17-33(39)29-31-41(43)46(35-19-5-1-6-20-35)36-21-7-2-8-22-36/h13-18,27-32,35-38H,1-12,19-26H2. The molecule has 4 fully saturated rings. The predicted molar refractivity (Wildman–Crippen MR) is 208 cm³/mol. The second-order valence-corrected chi connectivity index (χ2v) is 21.8. The monoisotopic (exact) mass is 662 g/mol. The summed E-state index contributed by atoms with van der Waals surface area (Å²) in [5, 5.41) is 8.34. The van der Waals surface area contributed by atoms with Crippen molar-refractivity contribution in [2.24, 2.45) is 0 Å². The van der Waals surface area contributed by atoms with E-state index in [9.17, 15) is 0 Å². The van der Waals surface area contributed by atoms with Crippen LogP contribution < -0.4 is 10.6 Å². The van der Waals surface area contributed by atoms with Crippen LogP contribution >= 0.6 is 15.1 Å². The SMILES string of the molecule is O=P(c1ccc2ccccc2c1-c1c(P(C2CCCCC2)C2CCCCC2)ccc2ccccc12)(C1CCCCC1)C1CCCCC1. The van der Waals surface area contributed by atoms with Crippen molar-refractivity contribution >= 4 is 47.2 Å². The molecule has 0 heterocycles. The molecule has 248 valence electrons. The first-order chi connectivity index (χ1) is 23.2. The predicted octanol–water partition coefficient (Wildman–Crippen LogP) is 13.1. The second kappa shape index (κ2) is 14.5. The van der Waals surface area contributed by atoms with Gasteiger partial charge in [-0.25, -0.2) is 0 Å². The molecular formula is C44H56OP2. The molecule has 8 rings (SSSR count). The van der Waals surface area contributed by atoms with Crippen molar-refractivity contribution in [3.05, 3.63) is 72.8 Å². The lowest BCUT2D eigenvalue weighted by Gasteiger charge is -2.41. The molecule has 0 spiro atoms. The zero-order valence-corrected chi connectivity index (χ0v) is 30.5. The fourth-order valence-electron chi connectivity index (χ4n) is 10.6. The Morgan fingerprint density at radius 1 is 0.447 bits per heavy atom. The molecule has 0 unspecified atom stereocenters. The molecule has 0 saturated heterocycles. The molecule has 1 nitrogen and oxygen atoms in total. The van der Waals surface area contributed by atoms with Gasteiger partial charge in [0.2, 0.25) is 0 Å². The fraction of sp³-hybridized carbons (Fsp3) is 0.545. The summed E-state index contributed by atoms with van der Waals surface area (Å²) in [5.41, 5.74) is 5.21. The van der Waals surface area contributed by atoms with E-state index in [0.717, 1.165) is 37.0 Å². The van der Waals surface area contributed by atoms with Crippen molar-refractivity contribution < 1.29 is 4.57 Å². The molecule has 0 radical (unpaired) electrons. The third-order valence-corrected chi connectivity index (χ3v) is 20.8. The zero-order chi connectivity index (χ0) is 31.6. The van der Waals surface area contributed by atoms with Gasteiger partial charge in [-0.05, 0) is 95.1 Å². The summed E-state index contributed by atoms with van der Waals surface area (Å²) in [6, 6.07) is 28.2. The van der Waals surface area contributed by atoms with E-state index in [1.807, 2.05) is 0 Å². The quantitative estimate of drug-likeness (QED) is 0.180. The van der Waals surface area contributed by atoms with Crippen LogP contribution in [0, 0.1) is 0 Å². The maximum absolute atomic E-state index is 16.6. The molecule has 0 bridgehead atoms. The average molecular weight is 663 g/mol. The topological polar surface area (TPSA) is 17.1 Å². The molecule has 4 aromatic rings. The Hall–Kier alpha value is -1.94. The summed E-state index contributed by atoms with van der Waals surface area (Å²) in [5.74, 6) is 0. The maximum Gasteiger partial charge on any atom is 0.122 e. The van der Waals surface area contributed by atoms with Crippen LogP contribution in [-0.4, -0.2) is 22.6 Å². The highest BCUT2D eigenvalue weighted by Gasteiger charge is 2.45. The van der Waals surface area contributed by atoms with Gasteiger partial charge in [0.15, 0.2) is 0 Å². The highest BCUT2D eigenvalue weighted by atomic mass is 31.2. The lowest BCUT2D eigenvalue weighted by Crippen LogP contribution is -2.32. The molecule has 4 aliphatic rings. The van der Waals surface area contributed by atoms with E-state index < -0.39 is 7.14 Å². The van der Waals surface area contributed by atoms with Crippen LogP contribution in [0.5, 0.6) is 0 Å². The van der Waals surface area contributed by atoms with Crippen LogP contribution in [0.3, 0.4) is 0 Å². The number of hydrogen-bond donors (Lipinski definition) is 0. The molecule has 4 saturated carbocycles. The normalized spacial score (nSPS) is 21.6. The molecule has 3 heteroatoms. The van der Waals surface area contributed by atoms with Gasteiger partial charge < -0.3 is 4.57 Å². The Morgan fingerprint density at radius 2 is 0.872 bits per heavy atom. The van der Waals surface area contributed by atoms with Crippen molar-refractivity contribution in [2.45, 2.75) is 151 Å². The number of benzene rings is 4. The van der Waals surface area contributed by atoms with Gasteiger partial charge in [0.25, 0.3) is 0 Å². The minimum Gasteiger partial charge on any atom is -0.318 e. The first-order valence-corrected chi connectivity index (χ1v) is 23.0. The van der Waals surface area contributed by atoms with Gasteiger partial charge in [0, 0.05) is 22.2 Å². The first kappa shape index (κ1) is 32.3. The van der Waals surface area contributed by atoms with Gasteiger partial charge in [-0.1, -0.05) is 158 Å². The molecule has 4 aromatic carbocycles. The maximum atomic E-state index is 16.6. The third kappa shape index (κ3) is 6.21. The largest absolute Gasteiger partial charge is 0.318 e. The average Bonchev–Trinajstić information content (AvgIpc) is 3.16. The summed E-state index contributed by atoms with van der Waals surface area (Å²) in [6.45, 7) is 0. The van der Waals surface area contributed by atoms with E-state index in [1.54, 1.807) is 5.30 Å². The van der Waals surface area contributed by atoms with Crippen molar-refractivity contribution in [2.75, 3.05) is 0 Å². The molecule has 0 aromatic heterocycles. The minimum absolute atomic E-state index is 0.332. The van der Waals surface area contributed by atoms with Crippen molar-refractivity contribution in [1.29, 1.82) is 0 Å². The third-order valence-electron chi connectivity index (χ3n) is 12.9. The number of fused-ring (bicyclic) bond motifs is 2. The van der Waals surface area contributed by atoms with E-state index in [4.69, 9.17) is 0 Å². The van der Waals surface area contributed by atoms with Gasteiger partial charge in [-0.3, -0.25) is 0 Å². The van der Waals surface area contributed by atoms with Crippen LogP contribution in [-0.2, 0) is 4.57 Å². The second-order valence-electron chi connectivity index (χ2n) is 15.6. The van der Waals surface area contributed by atoms with E-state index in [0.29, 0.717) is 11.3 Å². The van der Waals surface area contributed by atoms with E-state index in [-0.39, 0.29) is 7.92 Å². The lowest BCUT2D eigenvalue weighted by molar-refractivity contribution is 0.453. The lowest BCUT2D eigenvalue weighted by atomic mass is 9.93. The molecule has 0 aliphatic heterocycles. The summed E-state index contributed by atoms with van der Waals surface area (Å²) in [4.78, 5) is 0. The zero-order valence-electron chi connectivity index (χ0n) is 28.7. The van der Waals surface area contributed by atoms with E-state index >= 15 is 4.57 Å². The van der Waals surface area contributed by atoms with Crippen molar-refractivity contribution in [1.82, 2.24) is 0 Å². The number of hydrogen-bond acceptors (Lipinski definition) is 1. The van der Waals surface area contributed by atoms with Crippen LogP contribution in [0.25, 0.3) is 32.7 Å². The van der Waals surface area contributed by atoms with E-state index in [1.165, 1.54) is 141 Å². The van der Waals surface area contributed by atoms with Gasteiger partial charge in [-0.15, -0.1) is 0 Å².